The molecule has 0 fully saturated rings. The van der Waals surface area contributed by atoms with Gasteiger partial charge in [-0.1, -0.05) is 25.1 Å². The van der Waals surface area contributed by atoms with Crippen LogP contribution >= 0.6 is 0 Å². The van der Waals surface area contributed by atoms with E-state index < -0.39 is 11.8 Å². The third-order valence-corrected chi connectivity index (χ3v) is 3.58. The van der Waals surface area contributed by atoms with E-state index in [1.165, 1.54) is 24.3 Å². The molecule has 1 heterocycles. The van der Waals surface area contributed by atoms with Crippen molar-refractivity contribution in [2.24, 2.45) is 0 Å². The first-order chi connectivity index (χ1) is 12.0. The normalized spacial score (nSPS) is 10.2. The summed E-state index contributed by atoms with van der Waals surface area (Å²) in [6, 6.07) is 10.6. The zero-order valence-corrected chi connectivity index (χ0v) is 14.2. The average molecular weight is 343 g/mol. The fraction of sp³-hybridized carbons (Fsp3) is 0.278. The van der Waals surface area contributed by atoms with Crippen LogP contribution in [0.3, 0.4) is 0 Å². The molecule has 3 amide bonds. The minimum absolute atomic E-state index is 0.157. The topological polar surface area (TPSA) is 91.7 Å². The van der Waals surface area contributed by atoms with E-state index >= 15 is 0 Å². The number of rotatable bonds is 7. The third kappa shape index (κ3) is 5.20. The molecule has 25 heavy (non-hydrogen) atoms. The van der Waals surface area contributed by atoms with E-state index in [0.29, 0.717) is 0 Å². The highest BCUT2D eigenvalue weighted by molar-refractivity contribution is 5.97. The summed E-state index contributed by atoms with van der Waals surface area (Å²) in [5.41, 5.74) is 1.75. The summed E-state index contributed by atoms with van der Waals surface area (Å²) in [6.45, 7) is 1.66. The van der Waals surface area contributed by atoms with Gasteiger partial charge in [0.2, 0.25) is 11.8 Å². The second-order valence-corrected chi connectivity index (χ2v) is 5.47. The molecule has 7 nitrogen and oxygen atoms in total. The highest BCUT2D eigenvalue weighted by atomic mass is 16.3. The summed E-state index contributed by atoms with van der Waals surface area (Å²) in [4.78, 5) is 37.0. The Kier molecular flexibility index (Phi) is 6.33. The zero-order chi connectivity index (χ0) is 18.2. The van der Waals surface area contributed by atoms with Crippen LogP contribution in [-0.4, -0.2) is 42.8 Å². The van der Waals surface area contributed by atoms with Crippen molar-refractivity contribution in [3.63, 3.8) is 0 Å². The highest BCUT2D eigenvalue weighted by Gasteiger charge is 2.17. The molecule has 0 aliphatic carbocycles. The van der Waals surface area contributed by atoms with Crippen LogP contribution in [0.4, 0.5) is 5.69 Å². The first kappa shape index (κ1) is 18.3. The Morgan fingerprint density at radius 2 is 1.84 bits per heavy atom. The Labute approximate surface area is 146 Å². The number of hydrogen-bond acceptors (Lipinski definition) is 4. The molecule has 132 valence electrons. The highest BCUT2D eigenvalue weighted by Crippen LogP contribution is 2.14. The van der Waals surface area contributed by atoms with Crippen LogP contribution in [0, 0.1) is 0 Å². The van der Waals surface area contributed by atoms with Crippen LogP contribution < -0.4 is 10.6 Å². The smallest absolute Gasteiger partial charge is 0.289 e. The van der Waals surface area contributed by atoms with Gasteiger partial charge in [-0.2, -0.15) is 0 Å². The van der Waals surface area contributed by atoms with Crippen LogP contribution in [0.25, 0.3) is 0 Å². The molecule has 0 radical (unpaired) electrons. The molecule has 1 aromatic carbocycles. The Morgan fingerprint density at radius 1 is 1.08 bits per heavy atom. The van der Waals surface area contributed by atoms with E-state index in [9.17, 15) is 14.4 Å². The second-order valence-electron chi connectivity index (χ2n) is 5.47. The van der Waals surface area contributed by atoms with E-state index in [4.69, 9.17) is 4.42 Å². The predicted molar refractivity (Wildman–Crippen MR) is 93.1 cm³/mol. The Hall–Kier alpha value is -3.09. The molecule has 0 bridgehead atoms. The number of furan rings is 1. The number of nitrogens with zero attached hydrogens (tertiary/aromatic N) is 1. The monoisotopic (exact) mass is 343 g/mol. The maximum atomic E-state index is 12.0. The van der Waals surface area contributed by atoms with E-state index in [1.54, 1.807) is 6.07 Å². The molecule has 0 spiro atoms. The summed E-state index contributed by atoms with van der Waals surface area (Å²) >= 11 is 0. The molecule has 2 rings (SSSR count). The van der Waals surface area contributed by atoms with Gasteiger partial charge < -0.3 is 20.0 Å². The number of para-hydroxylation sites is 1. The molecule has 0 unspecified atom stereocenters. The fourth-order valence-electron chi connectivity index (χ4n) is 2.26. The number of benzene rings is 1. The minimum Gasteiger partial charge on any atom is -0.459 e. The van der Waals surface area contributed by atoms with Crippen molar-refractivity contribution >= 4 is 23.4 Å². The average Bonchev–Trinajstić information content (AvgIpc) is 3.14. The number of hydrogen-bond donors (Lipinski definition) is 2. The number of amides is 3. The molecule has 0 aliphatic heterocycles. The van der Waals surface area contributed by atoms with Gasteiger partial charge in [0.1, 0.15) is 0 Å². The predicted octanol–water partition coefficient (Wildman–Crippen LogP) is 1.67. The molecule has 0 saturated heterocycles. The SMILES string of the molecule is CCc1ccccc1NC(=O)CNC(=O)CN(C)C(=O)c1ccco1. The Morgan fingerprint density at radius 3 is 2.52 bits per heavy atom. The van der Waals surface area contributed by atoms with Gasteiger partial charge in [-0.3, -0.25) is 14.4 Å². The molecule has 2 N–H and O–H groups in total. The summed E-state index contributed by atoms with van der Waals surface area (Å²) in [6.07, 6.45) is 2.18. The van der Waals surface area contributed by atoms with Crippen molar-refractivity contribution in [2.75, 3.05) is 25.5 Å². The first-order valence-corrected chi connectivity index (χ1v) is 7.94. The first-order valence-electron chi connectivity index (χ1n) is 7.94. The lowest BCUT2D eigenvalue weighted by molar-refractivity contribution is -0.124. The lowest BCUT2D eigenvalue weighted by Gasteiger charge is -2.15. The van der Waals surface area contributed by atoms with Crippen LogP contribution in [-0.2, 0) is 16.0 Å². The van der Waals surface area contributed by atoms with Crippen LogP contribution in [0.2, 0.25) is 0 Å². The van der Waals surface area contributed by atoms with Crippen molar-refractivity contribution in [1.82, 2.24) is 10.2 Å². The number of nitrogens with one attached hydrogen (secondary N) is 2. The quantitative estimate of drug-likeness (QED) is 0.800. The summed E-state index contributed by atoms with van der Waals surface area (Å²) in [5, 5.41) is 5.26. The number of likely N-dealkylation sites (N-methyl/N-ethyl adjacent to an activating group) is 1. The van der Waals surface area contributed by atoms with E-state index in [1.807, 2.05) is 31.2 Å². The van der Waals surface area contributed by atoms with Gasteiger partial charge in [-0.15, -0.1) is 0 Å². The third-order valence-electron chi connectivity index (χ3n) is 3.58. The zero-order valence-electron chi connectivity index (χ0n) is 14.2. The van der Waals surface area contributed by atoms with E-state index in [0.717, 1.165) is 17.7 Å². The van der Waals surface area contributed by atoms with E-state index in [2.05, 4.69) is 10.6 Å². The van der Waals surface area contributed by atoms with Crippen molar-refractivity contribution < 1.29 is 18.8 Å². The Bertz CT molecular complexity index is 741. The molecule has 0 aliphatic rings. The molecule has 0 saturated carbocycles. The second kappa shape index (κ2) is 8.68. The van der Waals surface area contributed by atoms with Crippen LogP contribution in [0.15, 0.2) is 47.1 Å². The van der Waals surface area contributed by atoms with Crippen molar-refractivity contribution in [2.45, 2.75) is 13.3 Å². The van der Waals surface area contributed by atoms with Gasteiger partial charge in [0.25, 0.3) is 5.91 Å². The molecular formula is C18H21N3O4. The van der Waals surface area contributed by atoms with Crippen molar-refractivity contribution in [3.05, 3.63) is 54.0 Å². The van der Waals surface area contributed by atoms with Gasteiger partial charge in [-0.05, 0) is 30.2 Å². The standard InChI is InChI=1S/C18H21N3O4/c1-3-13-7-4-5-8-14(13)20-16(22)11-19-17(23)12-21(2)18(24)15-9-6-10-25-15/h4-10H,3,11-12H2,1-2H3,(H,19,23)(H,20,22). The molecular weight excluding hydrogens is 322 g/mol. The molecule has 2 aromatic rings. The van der Waals surface area contributed by atoms with Gasteiger partial charge in [0, 0.05) is 12.7 Å². The van der Waals surface area contributed by atoms with Crippen LogP contribution in [0.5, 0.6) is 0 Å². The molecule has 7 heteroatoms. The maximum absolute atomic E-state index is 12.0. The lowest BCUT2D eigenvalue weighted by Crippen LogP contribution is -2.41. The van der Waals surface area contributed by atoms with Gasteiger partial charge in [0.05, 0.1) is 19.4 Å². The van der Waals surface area contributed by atoms with E-state index in [-0.39, 0.29) is 24.8 Å². The van der Waals surface area contributed by atoms with Crippen molar-refractivity contribution in [3.8, 4) is 0 Å². The molecule has 1 aromatic heterocycles. The molecule has 0 atom stereocenters. The number of carbonyl (C=O) groups excluding carboxylic acids is 3. The summed E-state index contributed by atoms with van der Waals surface area (Å²) < 4.78 is 5.00. The largest absolute Gasteiger partial charge is 0.459 e. The van der Waals surface area contributed by atoms with Crippen molar-refractivity contribution in [1.29, 1.82) is 0 Å². The number of anilines is 1. The van der Waals surface area contributed by atoms with Crippen LogP contribution in [0.1, 0.15) is 23.0 Å². The Balaban J connectivity index is 1.79. The summed E-state index contributed by atoms with van der Waals surface area (Å²) in [5.74, 6) is -0.999. The van der Waals surface area contributed by atoms with Gasteiger partial charge in [0.15, 0.2) is 5.76 Å². The van der Waals surface area contributed by atoms with Gasteiger partial charge >= 0.3 is 0 Å². The fourth-order valence-corrected chi connectivity index (χ4v) is 2.26. The summed E-state index contributed by atoms with van der Waals surface area (Å²) in [7, 11) is 1.49. The maximum Gasteiger partial charge on any atom is 0.289 e. The number of aryl methyl sites for hydroxylation is 1. The number of carbonyl (C=O) groups is 3. The van der Waals surface area contributed by atoms with Gasteiger partial charge in [-0.25, -0.2) is 0 Å². The lowest BCUT2D eigenvalue weighted by atomic mass is 10.1. The minimum atomic E-state index is -0.429.